The van der Waals surface area contributed by atoms with Crippen LogP contribution in [0, 0.1) is 0 Å². The maximum atomic E-state index is 13.4. The van der Waals surface area contributed by atoms with E-state index in [4.69, 9.17) is 9.47 Å². The summed E-state index contributed by atoms with van der Waals surface area (Å²) in [5, 5.41) is 2.65. The standard InChI is InChI=1S/C24H24F3N3O3/c1-32-19-12-16(13-20(15-19)33-2)22-21-8-4-9-29(21)10-5-11-30(22)23(31)28-18-7-3-6-17(14-18)24(25,26)27/h3-4,6-9,12-15,22H,5,10-11H2,1-2H3,(H,28,31). The summed E-state index contributed by atoms with van der Waals surface area (Å²) in [5.74, 6) is 1.15. The quantitative estimate of drug-likeness (QED) is 0.557. The zero-order valence-electron chi connectivity index (χ0n) is 18.2. The van der Waals surface area contributed by atoms with Crippen LogP contribution in [0.15, 0.2) is 60.8 Å². The first-order valence-corrected chi connectivity index (χ1v) is 10.4. The fraction of sp³-hybridized carbons (Fsp3) is 0.292. The van der Waals surface area contributed by atoms with Gasteiger partial charge in [-0.15, -0.1) is 0 Å². The number of alkyl halides is 3. The van der Waals surface area contributed by atoms with Crippen LogP contribution in [0.3, 0.4) is 0 Å². The van der Waals surface area contributed by atoms with Crippen LogP contribution in [0.5, 0.6) is 11.5 Å². The molecule has 9 heteroatoms. The van der Waals surface area contributed by atoms with Crippen LogP contribution in [0.25, 0.3) is 0 Å². The van der Waals surface area contributed by atoms with E-state index < -0.39 is 23.8 Å². The van der Waals surface area contributed by atoms with E-state index in [-0.39, 0.29) is 5.69 Å². The number of methoxy groups -OCH3 is 2. The van der Waals surface area contributed by atoms with Crippen molar-refractivity contribution in [1.29, 1.82) is 0 Å². The normalized spacial score (nSPS) is 16.0. The van der Waals surface area contributed by atoms with Crippen LogP contribution in [0.2, 0.25) is 0 Å². The lowest BCUT2D eigenvalue weighted by Crippen LogP contribution is -2.38. The summed E-state index contributed by atoms with van der Waals surface area (Å²) in [7, 11) is 3.10. The second-order valence-corrected chi connectivity index (χ2v) is 7.73. The minimum atomic E-state index is -4.50. The number of nitrogens with one attached hydrogen (secondary N) is 1. The van der Waals surface area contributed by atoms with E-state index in [0.29, 0.717) is 31.0 Å². The first kappa shape index (κ1) is 22.6. The number of benzene rings is 2. The summed E-state index contributed by atoms with van der Waals surface area (Å²) in [6.45, 7) is 1.13. The number of rotatable bonds is 4. The molecule has 3 aromatic rings. The van der Waals surface area contributed by atoms with Crippen LogP contribution in [0.4, 0.5) is 23.7 Å². The van der Waals surface area contributed by atoms with E-state index in [2.05, 4.69) is 9.88 Å². The van der Waals surface area contributed by atoms with Crippen LogP contribution < -0.4 is 14.8 Å². The fourth-order valence-electron chi connectivity index (χ4n) is 4.10. The largest absolute Gasteiger partial charge is 0.497 e. The number of anilines is 1. The lowest BCUT2D eigenvalue weighted by molar-refractivity contribution is -0.137. The van der Waals surface area contributed by atoms with Crippen LogP contribution >= 0.6 is 0 Å². The maximum Gasteiger partial charge on any atom is 0.416 e. The second-order valence-electron chi connectivity index (χ2n) is 7.73. The van der Waals surface area contributed by atoms with E-state index in [9.17, 15) is 18.0 Å². The van der Waals surface area contributed by atoms with Crippen molar-refractivity contribution in [2.45, 2.75) is 25.2 Å². The molecular weight excluding hydrogens is 435 g/mol. The van der Waals surface area contributed by atoms with Crippen molar-refractivity contribution in [2.75, 3.05) is 26.1 Å². The molecule has 0 saturated heterocycles. The fourth-order valence-corrected chi connectivity index (χ4v) is 4.10. The number of nitrogens with zero attached hydrogens (tertiary/aromatic N) is 2. The first-order valence-electron chi connectivity index (χ1n) is 10.4. The Morgan fingerprint density at radius 1 is 1.00 bits per heavy atom. The Balaban J connectivity index is 1.73. The molecule has 1 N–H and O–H groups in total. The second kappa shape index (κ2) is 9.09. The molecule has 2 aromatic carbocycles. The highest BCUT2D eigenvalue weighted by molar-refractivity contribution is 5.90. The van der Waals surface area contributed by atoms with Gasteiger partial charge in [-0.2, -0.15) is 13.2 Å². The molecule has 33 heavy (non-hydrogen) atoms. The molecule has 1 atom stereocenters. The molecule has 6 nitrogen and oxygen atoms in total. The molecule has 1 unspecified atom stereocenters. The Bertz CT molecular complexity index is 1120. The van der Waals surface area contributed by atoms with Crippen LogP contribution in [-0.4, -0.2) is 36.3 Å². The summed E-state index contributed by atoms with van der Waals surface area (Å²) < 4.78 is 52.3. The van der Waals surface area contributed by atoms with Crippen LogP contribution in [-0.2, 0) is 12.7 Å². The highest BCUT2D eigenvalue weighted by Crippen LogP contribution is 2.37. The molecule has 0 fully saturated rings. The third-order valence-corrected chi connectivity index (χ3v) is 5.65. The summed E-state index contributed by atoms with van der Waals surface area (Å²) in [5.41, 5.74) is 0.921. The predicted octanol–water partition coefficient (Wildman–Crippen LogP) is 5.55. The third kappa shape index (κ3) is 4.76. The van der Waals surface area contributed by atoms with Gasteiger partial charge in [0.15, 0.2) is 0 Å². The van der Waals surface area contributed by atoms with E-state index in [0.717, 1.165) is 23.4 Å². The summed E-state index contributed by atoms with van der Waals surface area (Å²) in [6, 6.07) is 12.9. The number of carbonyl (C=O) groups excluding carboxylic acids is 1. The Kier molecular flexibility index (Phi) is 6.22. The highest BCUT2D eigenvalue weighted by atomic mass is 19.4. The average Bonchev–Trinajstić information content (AvgIpc) is 3.17. The molecule has 1 aliphatic heterocycles. The summed E-state index contributed by atoms with van der Waals surface area (Å²) >= 11 is 0. The third-order valence-electron chi connectivity index (χ3n) is 5.65. The van der Waals surface area contributed by atoms with Gasteiger partial charge in [0.1, 0.15) is 11.5 Å². The van der Waals surface area contributed by atoms with Gasteiger partial charge < -0.3 is 24.3 Å². The lowest BCUT2D eigenvalue weighted by atomic mass is 10.0. The number of urea groups is 1. The minimum Gasteiger partial charge on any atom is -0.497 e. The van der Waals surface area contributed by atoms with E-state index in [1.54, 1.807) is 25.2 Å². The zero-order chi connectivity index (χ0) is 23.6. The zero-order valence-corrected chi connectivity index (χ0v) is 18.2. The average molecular weight is 459 g/mol. The predicted molar refractivity (Wildman–Crippen MR) is 118 cm³/mol. The van der Waals surface area contributed by atoms with Gasteiger partial charge in [0.05, 0.1) is 25.8 Å². The molecule has 0 saturated carbocycles. The summed E-state index contributed by atoms with van der Waals surface area (Å²) in [6.07, 6.45) is -1.85. The minimum absolute atomic E-state index is 0.0800. The number of aromatic nitrogens is 1. The monoisotopic (exact) mass is 459 g/mol. The molecule has 0 bridgehead atoms. The van der Waals surface area contributed by atoms with Gasteiger partial charge in [0.25, 0.3) is 0 Å². The number of carbonyl (C=O) groups is 1. The molecule has 0 aliphatic carbocycles. The summed E-state index contributed by atoms with van der Waals surface area (Å²) in [4.78, 5) is 15.0. The molecule has 2 heterocycles. The van der Waals surface area contributed by atoms with Gasteiger partial charge in [0.2, 0.25) is 0 Å². The van der Waals surface area contributed by atoms with Crippen molar-refractivity contribution in [3.63, 3.8) is 0 Å². The van der Waals surface area contributed by atoms with Gasteiger partial charge >= 0.3 is 12.2 Å². The number of fused-ring (bicyclic) bond motifs is 1. The molecule has 2 amide bonds. The molecule has 0 radical (unpaired) electrons. The SMILES string of the molecule is COc1cc(OC)cc(C2c3cccn3CCCN2C(=O)Nc2cccc(C(F)(F)F)c2)c1. The Labute approximate surface area is 189 Å². The molecule has 174 valence electrons. The van der Waals surface area contributed by atoms with Gasteiger partial charge in [-0.25, -0.2) is 4.79 Å². The molecule has 1 aliphatic rings. The van der Waals surface area contributed by atoms with Gasteiger partial charge in [-0.05, 0) is 54.4 Å². The van der Waals surface area contributed by atoms with Crippen molar-refractivity contribution in [3.8, 4) is 11.5 Å². The van der Waals surface area contributed by atoms with E-state index in [1.807, 2.05) is 30.5 Å². The number of hydrogen-bond acceptors (Lipinski definition) is 3. The van der Waals surface area contributed by atoms with Crippen LogP contribution in [0.1, 0.15) is 29.3 Å². The van der Waals surface area contributed by atoms with Crippen molar-refractivity contribution < 1.29 is 27.4 Å². The Hall–Kier alpha value is -3.62. The first-order chi connectivity index (χ1) is 15.8. The van der Waals surface area contributed by atoms with Crippen molar-refractivity contribution in [2.24, 2.45) is 0 Å². The number of ether oxygens (including phenoxy) is 2. The molecule has 0 spiro atoms. The number of hydrogen-bond donors (Lipinski definition) is 1. The van der Waals surface area contributed by atoms with Gasteiger partial charge in [-0.3, -0.25) is 0 Å². The maximum absolute atomic E-state index is 13.4. The smallest absolute Gasteiger partial charge is 0.416 e. The molecule has 1 aromatic heterocycles. The van der Waals surface area contributed by atoms with E-state index >= 15 is 0 Å². The topological polar surface area (TPSA) is 55.7 Å². The Morgan fingerprint density at radius 2 is 1.73 bits per heavy atom. The van der Waals surface area contributed by atoms with Crippen molar-refractivity contribution in [3.05, 3.63) is 77.6 Å². The van der Waals surface area contributed by atoms with Gasteiger partial charge in [-0.1, -0.05) is 6.07 Å². The molecular formula is C24H24F3N3O3. The highest BCUT2D eigenvalue weighted by Gasteiger charge is 2.33. The number of aryl methyl sites for hydroxylation is 1. The molecule has 4 rings (SSSR count). The number of amides is 2. The van der Waals surface area contributed by atoms with Crippen molar-refractivity contribution >= 4 is 11.7 Å². The van der Waals surface area contributed by atoms with E-state index in [1.165, 1.54) is 12.1 Å². The Morgan fingerprint density at radius 3 is 2.39 bits per heavy atom. The van der Waals surface area contributed by atoms with Gasteiger partial charge in [0, 0.05) is 36.7 Å². The lowest BCUT2D eigenvalue weighted by Gasteiger charge is -2.31. The van der Waals surface area contributed by atoms with Crippen molar-refractivity contribution in [1.82, 2.24) is 9.47 Å². The number of halogens is 3.